The number of aromatic amines is 1. The normalized spacial score (nSPS) is 12.2. The number of rotatable bonds is 5. The molecule has 0 fully saturated rings. The topological polar surface area (TPSA) is 158 Å². The van der Waals surface area contributed by atoms with Crippen LogP contribution in [0, 0.1) is 5.82 Å². The zero-order valence-corrected chi connectivity index (χ0v) is 18.6. The largest absolute Gasteiger partial charge is 0.383 e. The second kappa shape index (κ2) is 8.19. The molecule has 1 atom stereocenters. The van der Waals surface area contributed by atoms with Crippen molar-refractivity contribution in [3.05, 3.63) is 63.7 Å². The van der Waals surface area contributed by atoms with Gasteiger partial charge >= 0.3 is 0 Å². The Labute approximate surface area is 195 Å². The Kier molecular flexibility index (Phi) is 5.17. The minimum absolute atomic E-state index is 0.0522. The van der Waals surface area contributed by atoms with Crippen molar-refractivity contribution in [3.63, 3.8) is 0 Å². The van der Waals surface area contributed by atoms with Crippen molar-refractivity contribution >= 4 is 34.0 Å². The van der Waals surface area contributed by atoms with Gasteiger partial charge in [0.15, 0.2) is 5.82 Å². The average Bonchev–Trinajstić information content (AvgIpc) is 3.48. The van der Waals surface area contributed by atoms with Gasteiger partial charge in [-0.2, -0.15) is 9.90 Å². The van der Waals surface area contributed by atoms with E-state index in [1.807, 2.05) is 0 Å². The standard InChI is InChI=1S/C20H17ClFN11O/c1-9(27-18-16(17(23)24-8-25-18)19-29-31-32(2)30-19)13-7-10-12(22)4-3-11(21)15(10)20(34)33(13)14-5-6-26-28-14/h3-9H,1-2H3,(H,26,28)(H3,23,24,25,27)/t9-/m0/s1. The maximum absolute atomic E-state index is 14.7. The number of tetrazole rings is 1. The highest BCUT2D eigenvalue weighted by molar-refractivity contribution is 6.35. The second-order valence-electron chi connectivity index (χ2n) is 7.41. The molecular formula is C20H17ClFN11O. The number of hydrogen-bond acceptors (Lipinski definition) is 9. The number of pyridine rings is 1. The third-order valence-corrected chi connectivity index (χ3v) is 5.54. The van der Waals surface area contributed by atoms with Crippen molar-refractivity contribution in [2.45, 2.75) is 13.0 Å². The number of aryl methyl sites for hydroxylation is 1. The van der Waals surface area contributed by atoms with Crippen LogP contribution in [0.5, 0.6) is 0 Å². The number of H-pyrrole nitrogens is 1. The summed E-state index contributed by atoms with van der Waals surface area (Å²) in [7, 11) is 1.61. The fourth-order valence-electron chi connectivity index (χ4n) is 3.69. The summed E-state index contributed by atoms with van der Waals surface area (Å²) in [4.78, 5) is 23.0. The first-order valence-corrected chi connectivity index (χ1v) is 10.4. The van der Waals surface area contributed by atoms with Crippen molar-refractivity contribution in [2.24, 2.45) is 7.05 Å². The van der Waals surface area contributed by atoms with Gasteiger partial charge in [-0.1, -0.05) is 11.6 Å². The van der Waals surface area contributed by atoms with Gasteiger partial charge in [-0.25, -0.2) is 14.4 Å². The molecule has 12 nitrogen and oxygen atoms in total. The minimum atomic E-state index is -0.586. The van der Waals surface area contributed by atoms with Gasteiger partial charge in [0.1, 0.15) is 29.3 Å². The van der Waals surface area contributed by atoms with E-state index < -0.39 is 17.4 Å². The molecule has 0 saturated heterocycles. The van der Waals surface area contributed by atoms with E-state index in [2.05, 4.69) is 40.9 Å². The Balaban J connectivity index is 1.69. The average molecular weight is 482 g/mol. The molecular weight excluding hydrogens is 465 g/mol. The van der Waals surface area contributed by atoms with Gasteiger partial charge in [0.2, 0.25) is 5.82 Å². The molecule has 0 spiro atoms. The number of fused-ring (bicyclic) bond motifs is 1. The number of nitrogen functional groups attached to an aromatic ring is 1. The third-order valence-electron chi connectivity index (χ3n) is 5.23. The van der Waals surface area contributed by atoms with Gasteiger partial charge in [-0.3, -0.25) is 14.5 Å². The summed E-state index contributed by atoms with van der Waals surface area (Å²) in [5.74, 6) is 0.402. The molecule has 0 aliphatic heterocycles. The van der Waals surface area contributed by atoms with Crippen LogP contribution in [-0.2, 0) is 7.05 Å². The van der Waals surface area contributed by atoms with Crippen LogP contribution >= 0.6 is 11.6 Å². The quantitative estimate of drug-likeness (QED) is 0.342. The highest BCUT2D eigenvalue weighted by Gasteiger charge is 2.23. The number of nitrogens with two attached hydrogens (primary N) is 1. The summed E-state index contributed by atoms with van der Waals surface area (Å²) in [5.41, 5.74) is 6.30. The van der Waals surface area contributed by atoms with Gasteiger partial charge < -0.3 is 11.1 Å². The third kappa shape index (κ3) is 3.51. The smallest absolute Gasteiger partial charge is 0.266 e. The molecule has 34 heavy (non-hydrogen) atoms. The van der Waals surface area contributed by atoms with E-state index in [1.165, 1.54) is 27.8 Å². The molecule has 4 aromatic heterocycles. The van der Waals surface area contributed by atoms with Crippen molar-refractivity contribution in [2.75, 3.05) is 11.1 Å². The number of anilines is 2. The van der Waals surface area contributed by atoms with Gasteiger partial charge in [-0.15, -0.1) is 10.2 Å². The maximum Gasteiger partial charge on any atom is 0.266 e. The molecule has 0 bridgehead atoms. The van der Waals surface area contributed by atoms with Crippen LogP contribution in [0.25, 0.3) is 28.0 Å². The summed E-state index contributed by atoms with van der Waals surface area (Å²) in [5, 5.41) is 22.3. The molecule has 5 rings (SSSR count). The van der Waals surface area contributed by atoms with Crippen molar-refractivity contribution in [1.82, 2.24) is 44.9 Å². The fourth-order valence-corrected chi connectivity index (χ4v) is 3.94. The van der Waals surface area contributed by atoms with Gasteiger partial charge in [0, 0.05) is 17.6 Å². The lowest BCUT2D eigenvalue weighted by atomic mass is 10.1. The van der Waals surface area contributed by atoms with E-state index in [0.29, 0.717) is 22.9 Å². The fraction of sp³-hybridized carbons (Fsp3) is 0.150. The van der Waals surface area contributed by atoms with E-state index in [9.17, 15) is 9.18 Å². The predicted octanol–water partition coefficient (Wildman–Crippen LogP) is 2.24. The number of nitrogens with zero attached hydrogens (tertiary/aromatic N) is 8. The lowest BCUT2D eigenvalue weighted by Gasteiger charge is -2.21. The molecule has 0 unspecified atom stereocenters. The van der Waals surface area contributed by atoms with Crippen molar-refractivity contribution < 1.29 is 4.39 Å². The number of hydrogen-bond donors (Lipinski definition) is 3. The predicted molar refractivity (Wildman–Crippen MR) is 123 cm³/mol. The van der Waals surface area contributed by atoms with E-state index in [4.69, 9.17) is 17.3 Å². The van der Waals surface area contributed by atoms with Crippen LogP contribution in [0.2, 0.25) is 5.02 Å². The highest BCUT2D eigenvalue weighted by Crippen LogP contribution is 2.32. The number of benzene rings is 1. The number of aromatic nitrogens is 9. The van der Waals surface area contributed by atoms with Crippen LogP contribution in [0.15, 0.2) is 41.6 Å². The Morgan fingerprint density at radius 2 is 2.09 bits per heavy atom. The lowest BCUT2D eigenvalue weighted by molar-refractivity contribution is 0.630. The Morgan fingerprint density at radius 1 is 1.26 bits per heavy atom. The molecule has 0 aliphatic carbocycles. The molecule has 14 heteroatoms. The molecule has 4 N–H and O–H groups in total. The summed E-state index contributed by atoms with van der Waals surface area (Å²) < 4.78 is 16.1. The molecule has 4 heterocycles. The summed E-state index contributed by atoms with van der Waals surface area (Å²) in [6.45, 7) is 1.78. The first-order chi connectivity index (χ1) is 16.3. The molecule has 0 saturated carbocycles. The van der Waals surface area contributed by atoms with Gasteiger partial charge in [0.05, 0.1) is 29.2 Å². The van der Waals surface area contributed by atoms with Crippen LogP contribution in [0.3, 0.4) is 0 Å². The monoisotopic (exact) mass is 481 g/mol. The van der Waals surface area contributed by atoms with E-state index in [-0.39, 0.29) is 27.4 Å². The van der Waals surface area contributed by atoms with Crippen molar-refractivity contribution in [3.8, 4) is 17.2 Å². The SMILES string of the molecule is C[C@H](Nc1ncnc(N)c1-c1nnn(C)n1)c1cc2c(F)ccc(Cl)c2c(=O)n1-c1cc[nH]n1. The first kappa shape index (κ1) is 21.5. The van der Waals surface area contributed by atoms with Crippen molar-refractivity contribution in [1.29, 1.82) is 0 Å². The molecule has 0 amide bonds. The summed E-state index contributed by atoms with van der Waals surface area (Å²) >= 11 is 6.26. The summed E-state index contributed by atoms with van der Waals surface area (Å²) in [6.07, 6.45) is 2.86. The van der Waals surface area contributed by atoms with Crippen LogP contribution in [0.1, 0.15) is 18.7 Å². The second-order valence-corrected chi connectivity index (χ2v) is 7.82. The molecule has 5 aromatic rings. The Morgan fingerprint density at radius 3 is 2.79 bits per heavy atom. The zero-order chi connectivity index (χ0) is 24.0. The minimum Gasteiger partial charge on any atom is -0.383 e. The van der Waals surface area contributed by atoms with E-state index in [1.54, 1.807) is 32.3 Å². The van der Waals surface area contributed by atoms with Crippen LogP contribution < -0.4 is 16.6 Å². The molecule has 172 valence electrons. The molecule has 1 aromatic carbocycles. The van der Waals surface area contributed by atoms with Gasteiger partial charge in [0.25, 0.3) is 5.56 Å². The highest BCUT2D eigenvalue weighted by atomic mass is 35.5. The molecule has 0 radical (unpaired) electrons. The van der Waals surface area contributed by atoms with Gasteiger partial charge in [-0.05, 0) is 30.3 Å². The lowest BCUT2D eigenvalue weighted by Crippen LogP contribution is -2.26. The Bertz CT molecular complexity index is 1580. The van der Waals surface area contributed by atoms with Crippen LogP contribution in [-0.4, -0.2) is 44.9 Å². The Hall–Kier alpha value is -4.39. The number of nitrogens with one attached hydrogen (secondary N) is 2. The van der Waals surface area contributed by atoms with E-state index in [0.717, 1.165) is 0 Å². The zero-order valence-electron chi connectivity index (χ0n) is 17.9. The first-order valence-electron chi connectivity index (χ1n) is 10.0. The maximum atomic E-state index is 14.7. The van der Waals surface area contributed by atoms with Crippen LogP contribution in [0.4, 0.5) is 16.0 Å². The summed E-state index contributed by atoms with van der Waals surface area (Å²) in [6, 6.07) is 5.15. The number of halogens is 2. The molecule has 0 aliphatic rings. The van der Waals surface area contributed by atoms with E-state index >= 15 is 0 Å².